The molecule has 1 aromatic rings. The number of carbonyl (C=O) groups is 1. The molecular weight excluding hydrogens is 368 g/mol. The first-order valence-electron chi connectivity index (χ1n) is 7.37. The number of piperidine rings is 1. The van der Waals surface area contributed by atoms with Crippen LogP contribution in [0.4, 0.5) is 0 Å². The molecule has 2 rings (SSSR count). The van der Waals surface area contributed by atoms with E-state index in [1.165, 1.54) is 12.1 Å². The third-order valence-electron chi connectivity index (χ3n) is 4.02. The topological polar surface area (TPSA) is 66.5 Å². The Morgan fingerprint density at radius 1 is 1.23 bits per heavy atom. The summed E-state index contributed by atoms with van der Waals surface area (Å²) in [5.41, 5.74) is 0. The van der Waals surface area contributed by atoms with Gasteiger partial charge in [0.1, 0.15) is 0 Å². The maximum absolute atomic E-state index is 12.3. The second-order valence-electron chi connectivity index (χ2n) is 5.71. The van der Waals surface area contributed by atoms with E-state index in [1.807, 2.05) is 13.8 Å². The van der Waals surface area contributed by atoms with Crippen molar-refractivity contribution >= 4 is 31.9 Å². The van der Waals surface area contributed by atoms with E-state index in [4.69, 9.17) is 0 Å². The van der Waals surface area contributed by atoms with Gasteiger partial charge in [0.25, 0.3) is 0 Å². The molecular formula is C15H21BrN2O3S. The molecule has 0 aromatic heterocycles. The zero-order valence-electron chi connectivity index (χ0n) is 12.8. The number of rotatable bonds is 4. The summed E-state index contributed by atoms with van der Waals surface area (Å²) in [6.45, 7) is 3.82. The van der Waals surface area contributed by atoms with Crippen molar-refractivity contribution in [3.63, 3.8) is 0 Å². The molecule has 2 atom stereocenters. The number of carbonyl (C=O) groups excluding carboxylic acids is 1. The Bertz CT molecular complexity index is 621. The first-order valence-corrected chi connectivity index (χ1v) is 9.65. The normalized spacial score (nSPS) is 22.6. The fourth-order valence-electron chi connectivity index (χ4n) is 2.86. The number of sulfonamides is 1. The van der Waals surface area contributed by atoms with Crippen LogP contribution in [0.25, 0.3) is 0 Å². The molecule has 0 spiro atoms. The van der Waals surface area contributed by atoms with Gasteiger partial charge in [0.05, 0.1) is 11.4 Å². The molecule has 1 heterocycles. The zero-order valence-corrected chi connectivity index (χ0v) is 15.2. The lowest BCUT2D eigenvalue weighted by Crippen LogP contribution is -2.51. The predicted octanol–water partition coefficient (Wildman–Crippen LogP) is 2.52. The third-order valence-corrected chi connectivity index (χ3v) is 5.96. The van der Waals surface area contributed by atoms with Crippen LogP contribution < -0.4 is 4.72 Å². The molecule has 1 aliphatic heterocycles. The van der Waals surface area contributed by atoms with Crippen LogP contribution in [0, 0.1) is 0 Å². The molecule has 0 bridgehead atoms. The van der Waals surface area contributed by atoms with Crippen molar-refractivity contribution in [3.05, 3.63) is 28.7 Å². The van der Waals surface area contributed by atoms with Gasteiger partial charge in [0.15, 0.2) is 0 Å². The van der Waals surface area contributed by atoms with E-state index in [2.05, 4.69) is 20.7 Å². The van der Waals surface area contributed by atoms with Crippen molar-refractivity contribution in [2.45, 2.75) is 50.1 Å². The second kappa shape index (κ2) is 7.10. The Morgan fingerprint density at radius 3 is 2.32 bits per heavy atom. The van der Waals surface area contributed by atoms with Gasteiger partial charge in [-0.25, -0.2) is 13.1 Å². The summed E-state index contributed by atoms with van der Waals surface area (Å²) in [7, 11) is -3.66. The quantitative estimate of drug-likeness (QED) is 0.861. The molecule has 1 saturated heterocycles. The van der Waals surface area contributed by atoms with Crippen molar-refractivity contribution in [2.24, 2.45) is 0 Å². The van der Waals surface area contributed by atoms with Gasteiger partial charge in [-0.2, -0.15) is 0 Å². The molecule has 122 valence electrons. The number of nitrogens with one attached hydrogen (secondary N) is 1. The summed E-state index contributed by atoms with van der Waals surface area (Å²) >= 11 is 3.26. The Hall–Kier alpha value is -0.920. The fraction of sp³-hybridized carbons (Fsp3) is 0.533. The molecule has 0 saturated carbocycles. The summed E-state index contributed by atoms with van der Waals surface area (Å²) in [6.07, 6.45) is 3.04. The summed E-state index contributed by atoms with van der Waals surface area (Å²) in [5.74, 6) is -0.166. The summed E-state index contributed by atoms with van der Waals surface area (Å²) < 4.78 is 27.6. The van der Waals surface area contributed by atoms with Crippen LogP contribution in [-0.4, -0.2) is 37.9 Å². The van der Waals surface area contributed by atoms with E-state index in [-0.39, 0.29) is 29.4 Å². The highest BCUT2D eigenvalue weighted by molar-refractivity contribution is 9.10. The minimum atomic E-state index is -3.66. The zero-order chi connectivity index (χ0) is 16.3. The molecule has 1 amide bonds. The van der Waals surface area contributed by atoms with Crippen LogP contribution in [0.1, 0.15) is 33.1 Å². The molecule has 1 N–H and O–H groups in total. The number of nitrogens with zero attached hydrogens (tertiary/aromatic N) is 1. The van der Waals surface area contributed by atoms with Crippen LogP contribution in [0.3, 0.4) is 0 Å². The SMILES string of the molecule is CC1CCCC(C)N1C(=O)CNS(=O)(=O)c1ccc(Br)cc1. The number of halogens is 1. The molecule has 0 aliphatic carbocycles. The average molecular weight is 389 g/mol. The van der Waals surface area contributed by atoms with Gasteiger partial charge in [0, 0.05) is 16.6 Å². The Kier molecular flexibility index (Phi) is 5.63. The summed E-state index contributed by atoms with van der Waals surface area (Å²) in [5, 5.41) is 0. The number of benzene rings is 1. The number of likely N-dealkylation sites (tertiary alicyclic amines) is 1. The Morgan fingerprint density at radius 2 is 1.77 bits per heavy atom. The molecule has 7 heteroatoms. The van der Waals surface area contributed by atoms with Gasteiger partial charge < -0.3 is 4.90 Å². The highest BCUT2D eigenvalue weighted by Crippen LogP contribution is 2.22. The highest BCUT2D eigenvalue weighted by atomic mass is 79.9. The molecule has 1 aliphatic rings. The monoisotopic (exact) mass is 388 g/mol. The van der Waals surface area contributed by atoms with E-state index in [1.54, 1.807) is 17.0 Å². The number of amides is 1. The summed E-state index contributed by atoms with van der Waals surface area (Å²) in [6, 6.07) is 6.64. The van der Waals surface area contributed by atoms with E-state index in [9.17, 15) is 13.2 Å². The predicted molar refractivity (Wildman–Crippen MR) is 89.0 cm³/mol. The van der Waals surface area contributed by atoms with E-state index in [0.717, 1.165) is 23.7 Å². The standard InChI is InChI=1S/C15H21BrN2O3S/c1-11-4-3-5-12(2)18(11)15(19)10-17-22(20,21)14-8-6-13(16)7-9-14/h6-9,11-12,17H,3-5,10H2,1-2H3. The van der Waals surface area contributed by atoms with Crippen LogP contribution in [-0.2, 0) is 14.8 Å². The van der Waals surface area contributed by atoms with Crippen LogP contribution in [0.15, 0.2) is 33.6 Å². The van der Waals surface area contributed by atoms with E-state index in [0.29, 0.717) is 0 Å². The van der Waals surface area contributed by atoms with Crippen molar-refractivity contribution in [1.82, 2.24) is 9.62 Å². The van der Waals surface area contributed by atoms with Crippen LogP contribution in [0.2, 0.25) is 0 Å². The largest absolute Gasteiger partial charge is 0.336 e. The lowest BCUT2D eigenvalue weighted by molar-refractivity contribution is -0.135. The summed E-state index contributed by atoms with van der Waals surface area (Å²) in [4.78, 5) is 14.3. The lowest BCUT2D eigenvalue weighted by atomic mass is 9.97. The van der Waals surface area contributed by atoms with E-state index >= 15 is 0 Å². The third kappa shape index (κ3) is 4.08. The van der Waals surface area contributed by atoms with Gasteiger partial charge in [-0.05, 0) is 57.4 Å². The van der Waals surface area contributed by atoms with Gasteiger partial charge in [-0.15, -0.1) is 0 Å². The van der Waals surface area contributed by atoms with Crippen molar-refractivity contribution < 1.29 is 13.2 Å². The fourth-order valence-corrected chi connectivity index (χ4v) is 4.10. The van der Waals surface area contributed by atoms with Crippen LogP contribution in [0.5, 0.6) is 0 Å². The second-order valence-corrected chi connectivity index (χ2v) is 8.39. The molecule has 5 nitrogen and oxygen atoms in total. The minimum absolute atomic E-state index is 0.156. The molecule has 1 fully saturated rings. The minimum Gasteiger partial charge on any atom is -0.336 e. The van der Waals surface area contributed by atoms with Gasteiger partial charge in [-0.1, -0.05) is 15.9 Å². The average Bonchev–Trinajstić information content (AvgIpc) is 2.45. The van der Waals surface area contributed by atoms with Crippen molar-refractivity contribution in [2.75, 3.05) is 6.54 Å². The van der Waals surface area contributed by atoms with Crippen molar-refractivity contribution in [1.29, 1.82) is 0 Å². The number of hydrogen-bond donors (Lipinski definition) is 1. The first kappa shape index (κ1) is 17.4. The van der Waals surface area contributed by atoms with Crippen LogP contribution >= 0.6 is 15.9 Å². The molecule has 1 aromatic carbocycles. The van der Waals surface area contributed by atoms with Gasteiger partial charge in [-0.3, -0.25) is 4.79 Å². The Balaban J connectivity index is 2.02. The van der Waals surface area contributed by atoms with Gasteiger partial charge >= 0.3 is 0 Å². The lowest BCUT2D eigenvalue weighted by Gasteiger charge is -2.39. The first-order chi connectivity index (χ1) is 10.3. The van der Waals surface area contributed by atoms with E-state index < -0.39 is 10.0 Å². The molecule has 2 unspecified atom stereocenters. The van der Waals surface area contributed by atoms with Crippen molar-refractivity contribution in [3.8, 4) is 0 Å². The Labute approximate surface area is 140 Å². The van der Waals surface area contributed by atoms with Gasteiger partial charge in [0.2, 0.25) is 15.9 Å². The number of hydrogen-bond acceptors (Lipinski definition) is 3. The maximum atomic E-state index is 12.3. The molecule has 0 radical (unpaired) electrons. The maximum Gasteiger partial charge on any atom is 0.241 e. The highest BCUT2D eigenvalue weighted by Gasteiger charge is 2.29. The molecule has 22 heavy (non-hydrogen) atoms. The smallest absolute Gasteiger partial charge is 0.241 e.